The van der Waals surface area contributed by atoms with Gasteiger partial charge in [-0.2, -0.15) is 0 Å². The third kappa shape index (κ3) is 7.47. The summed E-state index contributed by atoms with van der Waals surface area (Å²) in [5.74, 6) is -1.59. The maximum absolute atomic E-state index is 14.6. The Morgan fingerprint density at radius 3 is 1.90 bits per heavy atom. The standard InChI is InChI=1S/C45H66N4O12/c1-25-9-11-32-27(3)36(54-40-44(32)30(25)15-17-42(5,56-40)58-60-44)8-7-21-49(39(53)34-23-46-19-20-47-34)35(38(52)48-22-29(51)24-50)13-14-37-28(4)33-12-10-26(2)31-16-18-43(6)57-41(55-37)45(31,33)61-59-43/h19-20,23,25-28,30-33,35-37,40-41,50H,7-18,21-22,24H2,1-6H3,(H,48,52)/t25-,26-,27-,28-,30?,31?,32?,33?,35?,36-,37-,40-,41-,42+,43+,44-,45-/m1/s1. The summed E-state index contributed by atoms with van der Waals surface area (Å²) in [6.45, 7) is 11.9. The van der Waals surface area contributed by atoms with Crippen LogP contribution in [-0.2, 0) is 48.1 Å². The molecule has 2 aliphatic carbocycles. The maximum atomic E-state index is 14.6. The summed E-state index contributed by atoms with van der Waals surface area (Å²) >= 11 is 0. The number of nitrogens with zero attached hydrogens (tertiary/aromatic N) is 3. The van der Waals surface area contributed by atoms with Gasteiger partial charge in [0.2, 0.25) is 17.5 Å². The van der Waals surface area contributed by atoms with Crippen LogP contribution >= 0.6 is 0 Å². The molecule has 0 radical (unpaired) electrons. The lowest BCUT2D eigenvalue weighted by Gasteiger charge is -2.60. The first-order valence-electron chi connectivity index (χ1n) is 23.1. The van der Waals surface area contributed by atoms with E-state index in [2.05, 4.69) is 43.0 Å². The molecule has 16 nitrogen and oxygen atoms in total. The molecule has 8 saturated heterocycles. The molecule has 8 aliphatic heterocycles. The summed E-state index contributed by atoms with van der Waals surface area (Å²) in [5.41, 5.74) is -1.31. The summed E-state index contributed by atoms with van der Waals surface area (Å²) in [5, 5.41) is 12.2. The van der Waals surface area contributed by atoms with Gasteiger partial charge in [-0.3, -0.25) is 19.4 Å². The van der Waals surface area contributed by atoms with Gasteiger partial charge in [-0.1, -0.05) is 27.7 Å². The van der Waals surface area contributed by atoms with Crippen molar-refractivity contribution < 1.29 is 58.0 Å². The third-order valence-electron chi connectivity index (χ3n) is 16.6. The van der Waals surface area contributed by atoms with Crippen LogP contribution in [0, 0.1) is 47.3 Å². The molecule has 1 aromatic heterocycles. The highest BCUT2D eigenvalue weighted by Crippen LogP contribution is 2.62. The van der Waals surface area contributed by atoms with Crippen molar-refractivity contribution in [2.24, 2.45) is 47.3 Å². The van der Waals surface area contributed by atoms with Gasteiger partial charge in [-0.25, -0.2) is 24.5 Å². The Balaban J connectivity index is 0.961. The fourth-order valence-corrected chi connectivity index (χ4v) is 13.1. The molecule has 16 heteroatoms. The van der Waals surface area contributed by atoms with Crippen LogP contribution in [0.5, 0.6) is 0 Å². The number of fused-ring (bicyclic) bond motifs is 4. The van der Waals surface area contributed by atoms with Gasteiger partial charge in [-0.15, -0.1) is 0 Å². The number of hydrogen-bond acceptors (Lipinski definition) is 14. The van der Waals surface area contributed by atoms with Crippen molar-refractivity contribution >= 4 is 17.6 Å². The second-order valence-corrected chi connectivity index (χ2v) is 20.1. The Morgan fingerprint density at radius 1 is 0.787 bits per heavy atom. The van der Waals surface area contributed by atoms with Crippen molar-refractivity contribution in [1.82, 2.24) is 20.2 Å². The zero-order valence-corrected chi connectivity index (χ0v) is 36.6. The second kappa shape index (κ2) is 16.7. The zero-order valence-electron chi connectivity index (χ0n) is 36.6. The van der Waals surface area contributed by atoms with Crippen LogP contribution in [-0.4, -0.2) is 111 Å². The molecule has 5 unspecified atom stereocenters. The zero-order chi connectivity index (χ0) is 42.9. The minimum absolute atomic E-state index is 0.0263. The van der Waals surface area contributed by atoms with Gasteiger partial charge in [0.1, 0.15) is 18.3 Å². The molecular weight excluding hydrogens is 789 g/mol. The van der Waals surface area contributed by atoms with Crippen LogP contribution < -0.4 is 5.32 Å². The number of aliphatic hydroxyl groups excluding tert-OH is 1. The molecular formula is C45H66N4O12. The molecule has 17 atom stereocenters. The Labute approximate surface area is 358 Å². The van der Waals surface area contributed by atoms with E-state index < -0.39 is 65.6 Å². The predicted octanol–water partition coefficient (Wildman–Crippen LogP) is 5.03. The normalized spacial score (nSPS) is 45.1. The molecule has 4 bridgehead atoms. The molecule has 61 heavy (non-hydrogen) atoms. The molecule has 10 fully saturated rings. The van der Waals surface area contributed by atoms with Crippen LogP contribution in [0.25, 0.3) is 0 Å². The van der Waals surface area contributed by atoms with E-state index in [-0.39, 0.29) is 72.9 Å². The van der Waals surface area contributed by atoms with Crippen molar-refractivity contribution in [2.45, 2.75) is 172 Å². The molecule has 1 aromatic rings. The Bertz CT molecular complexity index is 1790. The highest BCUT2D eigenvalue weighted by atomic mass is 17.3. The molecule has 2 amide bonds. The van der Waals surface area contributed by atoms with Gasteiger partial charge in [0.15, 0.2) is 29.6 Å². The number of aromatic nitrogens is 2. The first kappa shape index (κ1) is 43.6. The SMILES string of the molecule is C[C@@H]1CCC2[C@@H](C)[C@@H](CCCN(C(=O)c3cnccn3)C(CC[C@H]3O[C@@H]4O[C@]5(C)CCC6[C@H](C)CCC([C@H]3C)[C@]64OO5)C(=O)NCC(=O)CO)O[C@@H]3O[C@]4(C)CCC1[C@@]23OO4. The van der Waals surface area contributed by atoms with Gasteiger partial charge >= 0.3 is 0 Å². The van der Waals surface area contributed by atoms with E-state index >= 15 is 0 Å². The van der Waals surface area contributed by atoms with Crippen LogP contribution in [0.1, 0.15) is 129 Å². The van der Waals surface area contributed by atoms with Crippen molar-refractivity contribution in [3.05, 3.63) is 24.3 Å². The van der Waals surface area contributed by atoms with Crippen molar-refractivity contribution in [2.75, 3.05) is 19.7 Å². The van der Waals surface area contributed by atoms with E-state index in [9.17, 15) is 19.5 Å². The van der Waals surface area contributed by atoms with Crippen LogP contribution in [0.2, 0.25) is 0 Å². The summed E-state index contributed by atoms with van der Waals surface area (Å²) in [6, 6.07) is -1.00. The predicted molar refractivity (Wildman–Crippen MR) is 214 cm³/mol. The summed E-state index contributed by atoms with van der Waals surface area (Å²) in [7, 11) is 0. The summed E-state index contributed by atoms with van der Waals surface area (Å²) in [4.78, 5) is 76.0. The number of ether oxygens (including phenoxy) is 4. The van der Waals surface area contributed by atoms with Crippen LogP contribution in [0.15, 0.2) is 18.6 Å². The number of nitrogens with one attached hydrogen (secondary N) is 1. The molecule has 2 N–H and O–H groups in total. The van der Waals surface area contributed by atoms with Gasteiger partial charge in [0, 0.05) is 43.6 Å². The lowest BCUT2D eigenvalue weighted by molar-refractivity contribution is -0.571. The number of hydrogen-bond donors (Lipinski definition) is 2. The molecule has 2 saturated carbocycles. The quantitative estimate of drug-likeness (QED) is 0.252. The second-order valence-electron chi connectivity index (χ2n) is 20.1. The van der Waals surface area contributed by atoms with Crippen molar-refractivity contribution in [3.8, 4) is 0 Å². The number of carbonyl (C=O) groups excluding carboxylic acids is 3. The topological polar surface area (TPSA) is 186 Å². The van der Waals surface area contributed by atoms with Crippen molar-refractivity contribution in [1.29, 1.82) is 0 Å². The number of carbonyl (C=O) groups is 3. The van der Waals surface area contributed by atoms with Crippen molar-refractivity contribution in [3.63, 3.8) is 0 Å². The van der Waals surface area contributed by atoms with E-state index in [0.717, 1.165) is 44.9 Å². The molecule has 10 aliphatic rings. The largest absolute Gasteiger partial charge is 0.389 e. The van der Waals surface area contributed by atoms with Crippen LogP contribution in [0.3, 0.4) is 0 Å². The van der Waals surface area contributed by atoms with E-state index in [1.165, 1.54) is 18.6 Å². The van der Waals surface area contributed by atoms with Gasteiger partial charge in [-0.05, 0) is 114 Å². The minimum Gasteiger partial charge on any atom is -0.389 e. The Morgan fingerprint density at radius 2 is 1.36 bits per heavy atom. The molecule has 2 spiro atoms. The Kier molecular flexibility index (Phi) is 11.9. The van der Waals surface area contributed by atoms with E-state index in [0.29, 0.717) is 37.5 Å². The highest BCUT2D eigenvalue weighted by molar-refractivity contribution is 5.96. The molecule has 0 aromatic carbocycles. The smallest absolute Gasteiger partial charge is 0.274 e. The number of rotatable bonds is 13. The number of ketones is 1. The fraction of sp³-hybridized carbons (Fsp3) is 0.844. The number of aliphatic hydroxyl groups is 1. The number of Topliss-reactive ketones (excluding diaryl/α,β-unsaturated/α-hetero) is 1. The molecule has 338 valence electrons. The third-order valence-corrected chi connectivity index (χ3v) is 16.6. The van der Waals surface area contributed by atoms with Crippen LogP contribution in [0.4, 0.5) is 0 Å². The average Bonchev–Trinajstić information content (AvgIpc) is 3.63. The van der Waals surface area contributed by atoms with Gasteiger partial charge < -0.3 is 34.3 Å². The summed E-state index contributed by atoms with van der Waals surface area (Å²) in [6.07, 6.45) is 11.7. The van der Waals surface area contributed by atoms with E-state index in [1.54, 1.807) is 4.90 Å². The molecule has 9 heterocycles. The minimum atomic E-state index is -1.00. The van der Waals surface area contributed by atoms with Gasteiger partial charge in [0.25, 0.3) is 5.91 Å². The van der Waals surface area contributed by atoms with Gasteiger partial charge in [0.05, 0.1) is 24.9 Å². The monoisotopic (exact) mass is 854 g/mol. The molecule has 11 rings (SSSR count). The highest BCUT2D eigenvalue weighted by Gasteiger charge is 2.70. The van der Waals surface area contributed by atoms with E-state index in [4.69, 9.17) is 38.5 Å². The first-order chi connectivity index (χ1) is 29.2. The summed E-state index contributed by atoms with van der Waals surface area (Å²) < 4.78 is 27.0. The average molecular weight is 855 g/mol. The fourth-order valence-electron chi connectivity index (χ4n) is 13.1. The lowest BCUT2D eigenvalue weighted by atomic mass is 9.57. The maximum Gasteiger partial charge on any atom is 0.274 e. The van der Waals surface area contributed by atoms with E-state index in [1.807, 2.05) is 13.8 Å². The first-order valence-corrected chi connectivity index (χ1v) is 23.1. The lowest BCUT2D eigenvalue weighted by Crippen LogP contribution is -2.70. The Hall–Kier alpha value is -2.67. The number of amides is 2.